The molecule has 0 bridgehead atoms. The molecule has 1 heterocycles. The predicted octanol–water partition coefficient (Wildman–Crippen LogP) is 6.68. The van der Waals surface area contributed by atoms with Crippen LogP contribution in [0.25, 0.3) is 27.8 Å². The first-order chi connectivity index (χ1) is 13.9. The average molecular weight is 402 g/mol. The molecular weight excluding hydrogens is 382 g/mol. The highest BCUT2D eigenvalue weighted by Gasteiger charge is 2.25. The Morgan fingerprint density at radius 3 is 2.34 bits per heavy atom. The Morgan fingerprint density at radius 2 is 1.69 bits per heavy atom. The summed E-state index contributed by atoms with van der Waals surface area (Å²) < 4.78 is 0. The first-order valence-electron chi connectivity index (χ1n) is 9.32. The van der Waals surface area contributed by atoms with Crippen LogP contribution in [-0.4, -0.2) is 11.0 Å². The van der Waals surface area contributed by atoms with Gasteiger partial charge in [-0.3, -0.25) is 4.79 Å². The van der Waals surface area contributed by atoms with Gasteiger partial charge in [-0.2, -0.15) is 0 Å². The van der Waals surface area contributed by atoms with Crippen molar-refractivity contribution in [1.29, 1.82) is 0 Å². The third kappa shape index (κ3) is 3.69. The van der Waals surface area contributed by atoms with Crippen molar-refractivity contribution in [1.82, 2.24) is 0 Å². The van der Waals surface area contributed by atoms with E-state index in [-0.39, 0.29) is 11.7 Å². The van der Waals surface area contributed by atoms with Gasteiger partial charge in [0.25, 0.3) is 5.91 Å². The molecular formula is C25H20ClNO2. The summed E-state index contributed by atoms with van der Waals surface area (Å²) in [5, 5.41) is 13.5. The second-order valence-electron chi connectivity index (χ2n) is 7.21. The van der Waals surface area contributed by atoms with Crippen molar-refractivity contribution in [2.75, 3.05) is 5.32 Å². The van der Waals surface area contributed by atoms with Crippen molar-refractivity contribution in [2.45, 2.75) is 13.3 Å². The molecule has 144 valence electrons. The highest BCUT2D eigenvalue weighted by Crippen LogP contribution is 2.40. The lowest BCUT2D eigenvalue weighted by Crippen LogP contribution is -2.03. The molecule has 0 aliphatic carbocycles. The molecule has 0 spiro atoms. The Bertz CT molecular complexity index is 1160. The largest absolute Gasteiger partial charge is 0.507 e. The van der Waals surface area contributed by atoms with Crippen LogP contribution in [0.4, 0.5) is 5.69 Å². The highest BCUT2D eigenvalue weighted by atomic mass is 35.5. The molecule has 0 saturated carbocycles. The summed E-state index contributed by atoms with van der Waals surface area (Å²) in [6, 6.07) is 18.8. The Hall–Kier alpha value is -3.30. The molecule has 0 radical (unpaired) electrons. The maximum absolute atomic E-state index is 12.4. The Morgan fingerprint density at radius 1 is 1.03 bits per heavy atom. The van der Waals surface area contributed by atoms with Gasteiger partial charge in [-0.1, -0.05) is 72.3 Å². The smallest absolute Gasteiger partial charge is 0.256 e. The van der Waals surface area contributed by atoms with Gasteiger partial charge in [0.1, 0.15) is 5.75 Å². The van der Waals surface area contributed by atoms with Gasteiger partial charge in [-0.15, -0.1) is 0 Å². The molecule has 1 aliphatic rings. The minimum atomic E-state index is -0.121. The van der Waals surface area contributed by atoms with Crippen LogP contribution in [0.1, 0.15) is 18.9 Å². The molecule has 3 aromatic rings. The van der Waals surface area contributed by atoms with E-state index in [0.717, 1.165) is 39.1 Å². The number of anilines is 1. The lowest BCUT2D eigenvalue weighted by Gasteiger charge is -2.10. The summed E-state index contributed by atoms with van der Waals surface area (Å²) in [5.41, 5.74) is 6.70. The first-order valence-corrected chi connectivity index (χ1v) is 9.70. The zero-order valence-corrected chi connectivity index (χ0v) is 16.8. The Labute approximate surface area is 175 Å². The van der Waals surface area contributed by atoms with Gasteiger partial charge < -0.3 is 10.4 Å². The third-order valence-corrected chi connectivity index (χ3v) is 5.27. The molecule has 4 rings (SSSR count). The van der Waals surface area contributed by atoms with Gasteiger partial charge in [-0.25, -0.2) is 0 Å². The highest BCUT2D eigenvalue weighted by molar-refractivity contribution is 6.36. The van der Waals surface area contributed by atoms with Crippen molar-refractivity contribution in [3.8, 4) is 28.0 Å². The number of fused-ring (bicyclic) bond motifs is 1. The fraction of sp³-hybridized carbons (Fsp3) is 0.0800. The van der Waals surface area contributed by atoms with Crippen LogP contribution in [0.5, 0.6) is 5.75 Å². The number of carbonyl (C=O) groups excluding carboxylic acids is 1. The topological polar surface area (TPSA) is 49.3 Å². The fourth-order valence-electron chi connectivity index (χ4n) is 3.46. The number of rotatable bonds is 4. The molecule has 4 heteroatoms. The van der Waals surface area contributed by atoms with E-state index < -0.39 is 0 Å². The van der Waals surface area contributed by atoms with Gasteiger partial charge >= 0.3 is 0 Å². The number of allylic oxidation sites excluding steroid dienone is 2. The van der Waals surface area contributed by atoms with E-state index in [4.69, 9.17) is 11.6 Å². The molecule has 0 saturated heterocycles. The van der Waals surface area contributed by atoms with Gasteiger partial charge in [0.05, 0.1) is 10.7 Å². The van der Waals surface area contributed by atoms with Crippen LogP contribution in [-0.2, 0) is 4.79 Å². The molecule has 29 heavy (non-hydrogen) atoms. The van der Waals surface area contributed by atoms with E-state index in [1.165, 1.54) is 0 Å². The predicted molar refractivity (Wildman–Crippen MR) is 120 cm³/mol. The summed E-state index contributed by atoms with van der Waals surface area (Å²) in [4.78, 5) is 12.4. The zero-order valence-electron chi connectivity index (χ0n) is 16.0. The second kappa shape index (κ2) is 7.61. The zero-order chi connectivity index (χ0) is 20.5. The Balaban J connectivity index is 1.73. The van der Waals surface area contributed by atoms with E-state index in [1.807, 2.05) is 55.5 Å². The molecule has 0 fully saturated rings. The number of carbonyl (C=O) groups is 1. The van der Waals surface area contributed by atoms with Crippen molar-refractivity contribution in [3.63, 3.8) is 0 Å². The van der Waals surface area contributed by atoms with Gasteiger partial charge in [0.2, 0.25) is 0 Å². The summed E-state index contributed by atoms with van der Waals surface area (Å²) in [5.74, 6) is 0.122. The number of nitrogens with one attached hydrogen (secondary N) is 1. The summed E-state index contributed by atoms with van der Waals surface area (Å²) in [7, 11) is 0. The maximum Gasteiger partial charge on any atom is 0.256 e. The molecule has 3 aromatic carbocycles. The number of phenolic OH excluding ortho intramolecular Hbond substituents is 1. The van der Waals surface area contributed by atoms with E-state index in [9.17, 15) is 9.90 Å². The fourth-order valence-corrected chi connectivity index (χ4v) is 3.73. The number of benzene rings is 3. The molecule has 1 aliphatic heterocycles. The van der Waals surface area contributed by atoms with Gasteiger partial charge in [0, 0.05) is 22.3 Å². The number of para-hydroxylation sites is 1. The SMILES string of the molecule is C=C(C)C/C=C1\C(=O)Nc2cc(Cl)c(-c3ccc(-c4ccccc4O)cc3)cc21. The van der Waals surface area contributed by atoms with E-state index in [2.05, 4.69) is 11.9 Å². The number of hydrogen-bond donors (Lipinski definition) is 2. The number of hydrogen-bond acceptors (Lipinski definition) is 2. The number of amides is 1. The first kappa shape index (κ1) is 19.0. The quantitative estimate of drug-likeness (QED) is 0.378. The van der Waals surface area contributed by atoms with E-state index >= 15 is 0 Å². The van der Waals surface area contributed by atoms with E-state index in [1.54, 1.807) is 18.2 Å². The van der Waals surface area contributed by atoms with Crippen LogP contribution in [0.15, 0.2) is 78.9 Å². The maximum atomic E-state index is 12.4. The van der Waals surface area contributed by atoms with Crippen molar-refractivity contribution >= 4 is 28.8 Å². The standard InChI is InChI=1S/C25H20ClNO2/c1-15(2)7-12-19-21-13-20(22(26)14-23(21)27-25(19)29)17-10-8-16(9-11-17)18-5-3-4-6-24(18)28/h3-6,8-14,28H,1,7H2,2H3,(H,27,29)/b19-12-. The van der Waals surface area contributed by atoms with Crippen molar-refractivity contribution in [3.05, 3.63) is 89.5 Å². The third-order valence-electron chi connectivity index (χ3n) is 4.96. The minimum Gasteiger partial charge on any atom is -0.507 e. The number of halogens is 1. The van der Waals surface area contributed by atoms with Gasteiger partial charge in [-0.05, 0) is 42.7 Å². The van der Waals surface area contributed by atoms with Gasteiger partial charge in [0.15, 0.2) is 0 Å². The van der Waals surface area contributed by atoms with Crippen LogP contribution >= 0.6 is 11.6 Å². The Kier molecular flexibility index (Phi) is 4.99. The van der Waals surface area contributed by atoms with Crippen molar-refractivity contribution < 1.29 is 9.90 Å². The summed E-state index contributed by atoms with van der Waals surface area (Å²) >= 11 is 6.52. The van der Waals surface area contributed by atoms with Crippen LogP contribution in [0.2, 0.25) is 5.02 Å². The average Bonchev–Trinajstić information content (AvgIpc) is 3.00. The van der Waals surface area contributed by atoms with E-state index in [0.29, 0.717) is 17.0 Å². The van der Waals surface area contributed by atoms with Crippen molar-refractivity contribution in [2.24, 2.45) is 0 Å². The number of aromatic hydroxyl groups is 1. The number of phenols is 1. The molecule has 0 unspecified atom stereocenters. The monoisotopic (exact) mass is 401 g/mol. The van der Waals surface area contributed by atoms with Crippen LogP contribution in [0.3, 0.4) is 0 Å². The molecule has 3 nitrogen and oxygen atoms in total. The second-order valence-corrected chi connectivity index (χ2v) is 7.61. The molecule has 0 aromatic heterocycles. The lowest BCUT2D eigenvalue weighted by molar-refractivity contribution is -0.110. The molecule has 2 N–H and O–H groups in total. The molecule has 0 atom stereocenters. The van der Waals surface area contributed by atoms with Crippen LogP contribution in [0, 0.1) is 0 Å². The molecule has 1 amide bonds. The lowest BCUT2D eigenvalue weighted by atomic mass is 9.96. The normalized spacial score (nSPS) is 14.0. The summed E-state index contributed by atoms with van der Waals surface area (Å²) in [6.45, 7) is 5.84. The summed E-state index contributed by atoms with van der Waals surface area (Å²) in [6.07, 6.45) is 2.55. The van der Waals surface area contributed by atoms with Crippen LogP contribution < -0.4 is 5.32 Å². The minimum absolute atomic E-state index is 0.121.